The van der Waals surface area contributed by atoms with E-state index in [1.807, 2.05) is 7.11 Å². The largest absolute Gasteiger partial charge is 0.381 e. The van der Waals surface area contributed by atoms with E-state index in [1.165, 1.54) is 0 Å². The van der Waals surface area contributed by atoms with Crippen molar-refractivity contribution in [3.63, 3.8) is 0 Å². The summed E-state index contributed by atoms with van der Waals surface area (Å²) in [6, 6.07) is 0.529. The van der Waals surface area contributed by atoms with Crippen LogP contribution in [0.3, 0.4) is 0 Å². The van der Waals surface area contributed by atoms with E-state index < -0.39 is 0 Å². The summed E-state index contributed by atoms with van der Waals surface area (Å²) < 4.78 is 11.2. The first-order valence-electron chi connectivity index (χ1n) is 6.75. The van der Waals surface area contributed by atoms with E-state index in [4.69, 9.17) is 15.2 Å². The van der Waals surface area contributed by atoms with Crippen LogP contribution in [0.2, 0.25) is 0 Å². The number of nitrogens with zero attached hydrogens (tertiary/aromatic N) is 1. The second-order valence-electron chi connectivity index (χ2n) is 5.50. The Morgan fingerprint density at radius 2 is 2.24 bits per heavy atom. The first kappa shape index (κ1) is 13.3. The molecule has 100 valence electrons. The molecule has 2 heterocycles. The van der Waals surface area contributed by atoms with E-state index in [0.717, 1.165) is 32.4 Å². The van der Waals surface area contributed by atoms with Crippen LogP contribution in [0.5, 0.6) is 0 Å². The van der Waals surface area contributed by atoms with Crippen molar-refractivity contribution in [2.45, 2.75) is 56.9 Å². The van der Waals surface area contributed by atoms with Crippen LogP contribution in [0.15, 0.2) is 0 Å². The van der Waals surface area contributed by atoms with E-state index in [1.54, 1.807) is 0 Å². The highest BCUT2D eigenvalue weighted by atomic mass is 16.5. The molecular formula is C13H26N2O2. The predicted molar refractivity (Wildman–Crippen MR) is 68.0 cm³/mol. The third-order valence-electron chi connectivity index (χ3n) is 4.75. The number of hydrogen-bond donors (Lipinski definition) is 1. The Hall–Kier alpha value is -0.160. The topological polar surface area (TPSA) is 47.7 Å². The summed E-state index contributed by atoms with van der Waals surface area (Å²) in [5.74, 6) is 0. The summed E-state index contributed by atoms with van der Waals surface area (Å²) in [7, 11) is 1.81. The van der Waals surface area contributed by atoms with E-state index in [9.17, 15) is 0 Å². The molecular weight excluding hydrogens is 216 g/mol. The van der Waals surface area contributed by atoms with Crippen molar-refractivity contribution in [1.82, 2.24) is 4.90 Å². The summed E-state index contributed by atoms with van der Waals surface area (Å²) >= 11 is 0. The van der Waals surface area contributed by atoms with Gasteiger partial charge in [-0.25, -0.2) is 0 Å². The molecule has 0 saturated carbocycles. The monoisotopic (exact) mass is 242 g/mol. The number of hydrogen-bond acceptors (Lipinski definition) is 4. The minimum atomic E-state index is 0.0537. The van der Waals surface area contributed by atoms with Crippen LogP contribution in [0.25, 0.3) is 0 Å². The molecule has 0 spiro atoms. The highest BCUT2D eigenvalue weighted by Gasteiger charge is 2.48. The van der Waals surface area contributed by atoms with Crippen molar-refractivity contribution in [1.29, 1.82) is 0 Å². The van der Waals surface area contributed by atoms with Crippen LogP contribution in [0.4, 0.5) is 0 Å². The van der Waals surface area contributed by atoms with Gasteiger partial charge in [0.1, 0.15) is 0 Å². The maximum atomic E-state index is 6.07. The Bertz CT molecular complexity index is 262. The van der Waals surface area contributed by atoms with E-state index in [-0.39, 0.29) is 11.6 Å². The first-order chi connectivity index (χ1) is 8.14. The van der Waals surface area contributed by atoms with Crippen LogP contribution in [0, 0.1) is 0 Å². The van der Waals surface area contributed by atoms with Gasteiger partial charge in [-0.3, -0.25) is 4.90 Å². The van der Waals surface area contributed by atoms with E-state index in [2.05, 4.69) is 18.7 Å². The van der Waals surface area contributed by atoms with Crippen molar-refractivity contribution < 1.29 is 9.47 Å². The fourth-order valence-electron chi connectivity index (χ4n) is 3.54. The van der Waals surface area contributed by atoms with Gasteiger partial charge in [-0.15, -0.1) is 0 Å². The van der Waals surface area contributed by atoms with Gasteiger partial charge < -0.3 is 15.2 Å². The summed E-state index contributed by atoms with van der Waals surface area (Å²) in [5, 5.41) is 0. The number of piperidine rings is 1. The Morgan fingerprint density at radius 1 is 1.47 bits per heavy atom. The Kier molecular flexibility index (Phi) is 4.08. The molecule has 0 aliphatic carbocycles. The molecule has 0 aromatic heterocycles. The SMILES string of the molecule is COC1CCN(C2(CN)CCOC2C)C(C)C1. The summed E-state index contributed by atoms with van der Waals surface area (Å²) in [6.45, 7) is 7.05. The molecule has 4 atom stereocenters. The van der Waals surface area contributed by atoms with Crippen LogP contribution < -0.4 is 5.73 Å². The van der Waals surface area contributed by atoms with Gasteiger partial charge in [0.25, 0.3) is 0 Å². The maximum Gasteiger partial charge on any atom is 0.0743 e. The lowest BCUT2D eigenvalue weighted by Crippen LogP contribution is -2.63. The van der Waals surface area contributed by atoms with Gasteiger partial charge in [0, 0.05) is 32.8 Å². The fourth-order valence-corrected chi connectivity index (χ4v) is 3.54. The quantitative estimate of drug-likeness (QED) is 0.802. The maximum absolute atomic E-state index is 6.07. The third kappa shape index (κ3) is 2.24. The molecule has 2 aliphatic heterocycles. The van der Waals surface area contributed by atoms with Gasteiger partial charge in [-0.1, -0.05) is 0 Å². The van der Waals surface area contributed by atoms with Gasteiger partial charge in [-0.05, 0) is 33.1 Å². The lowest BCUT2D eigenvalue weighted by Gasteiger charge is -2.49. The molecule has 2 rings (SSSR count). The molecule has 4 nitrogen and oxygen atoms in total. The molecule has 2 aliphatic rings. The van der Waals surface area contributed by atoms with E-state index >= 15 is 0 Å². The van der Waals surface area contributed by atoms with Gasteiger partial charge in [0.05, 0.1) is 17.7 Å². The molecule has 4 heteroatoms. The molecule has 2 fully saturated rings. The predicted octanol–water partition coefficient (Wildman–Crippen LogP) is 0.992. The van der Waals surface area contributed by atoms with Gasteiger partial charge in [0.2, 0.25) is 0 Å². The Morgan fingerprint density at radius 3 is 2.71 bits per heavy atom. The molecule has 4 unspecified atom stereocenters. The average molecular weight is 242 g/mol. The highest BCUT2D eigenvalue weighted by Crippen LogP contribution is 2.36. The highest BCUT2D eigenvalue weighted by molar-refractivity contribution is 5.03. The van der Waals surface area contributed by atoms with Gasteiger partial charge in [0.15, 0.2) is 0 Å². The van der Waals surface area contributed by atoms with E-state index in [0.29, 0.717) is 18.7 Å². The molecule has 2 saturated heterocycles. The second-order valence-corrected chi connectivity index (χ2v) is 5.50. The van der Waals surface area contributed by atoms with Crippen LogP contribution >= 0.6 is 0 Å². The lowest BCUT2D eigenvalue weighted by molar-refractivity contribution is -0.0569. The zero-order chi connectivity index (χ0) is 12.5. The first-order valence-corrected chi connectivity index (χ1v) is 6.75. The number of nitrogens with two attached hydrogens (primary N) is 1. The minimum Gasteiger partial charge on any atom is -0.381 e. The Balaban J connectivity index is 2.10. The van der Waals surface area contributed by atoms with Crippen LogP contribution in [-0.4, -0.2) is 55.5 Å². The molecule has 0 aromatic rings. The van der Waals surface area contributed by atoms with Crippen LogP contribution in [-0.2, 0) is 9.47 Å². The van der Waals surface area contributed by atoms with Gasteiger partial charge in [-0.2, -0.15) is 0 Å². The number of methoxy groups -OCH3 is 1. The Labute approximate surface area is 104 Å². The number of rotatable bonds is 3. The minimum absolute atomic E-state index is 0.0537. The smallest absolute Gasteiger partial charge is 0.0743 e. The summed E-state index contributed by atoms with van der Waals surface area (Å²) in [5.41, 5.74) is 6.12. The second kappa shape index (κ2) is 5.22. The number of likely N-dealkylation sites (tertiary alicyclic amines) is 1. The lowest BCUT2D eigenvalue weighted by atomic mass is 9.85. The zero-order valence-corrected chi connectivity index (χ0v) is 11.3. The number of ether oxygens (including phenoxy) is 2. The van der Waals surface area contributed by atoms with Crippen molar-refractivity contribution in [3.05, 3.63) is 0 Å². The van der Waals surface area contributed by atoms with Crippen molar-refractivity contribution >= 4 is 0 Å². The standard InChI is InChI=1S/C13H26N2O2/c1-10-8-12(16-3)4-6-15(10)13(9-14)5-7-17-11(13)2/h10-12H,4-9,14H2,1-3H3. The third-order valence-corrected chi connectivity index (χ3v) is 4.75. The molecule has 0 aromatic carbocycles. The normalized spacial score (nSPS) is 44.1. The van der Waals surface area contributed by atoms with Gasteiger partial charge >= 0.3 is 0 Å². The van der Waals surface area contributed by atoms with Crippen LogP contribution in [0.1, 0.15) is 33.1 Å². The van der Waals surface area contributed by atoms with Crippen molar-refractivity contribution in [2.24, 2.45) is 5.73 Å². The average Bonchev–Trinajstić information content (AvgIpc) is 2.71. The summed E-state index contributed by atoms with van der Waals surface area (Å²) in [6.07, 6.45) is 3.93. The fraction of sp³-hybridized carbons (Fsp3) is 1.00. The molecule has 0 radical (unpaired) electrons. The zero-order valence-electron chi connectivity index (χ0n) is 11.3. The van der Waals surface area contributed by atoms with Crippen molar-refractivity contribution in [3.8, 4) is 0 Å². The molecule has 17 heavy (non-hydrogen) atoms. The molecule has 0 amide bonds. The molecule has 2 N–H and O–H groups in total. The van der Waals surface area contributed by atoms with Crippen molar-refractivity contribution in [2.75, 3.05) is 26.8 Å². The summed E-state index contributed by atoms with van der Waals surface area (Å²) in [4.78, 5) is 2.57. The molecule has 0 bridgehead atoms.